The van der Waals surface area contributed by atoms with Gasteiger partial charge in [-0.15, -0.1) is 0 Å². The van der Waals surface area contributed by atoms with E-state index in [-0.39, 0.29) is 9.94 Å². The van der Waals surface area contributed by atoms with Gasteiger partial charge in [0, 0.05) is 9.37 Å². The SMILES string of the molecule is COC(=O)/C(Cl)=C1/Sc2cc(Br)ccc2NC1=O. The summed E-state index contributed by atoms with van der Waals surface area (Å²) in [5.41, 5.74) is 0.686. The third-order valence-electron chi connectivity index (χ3n) is 2.17. The predicted octanol–water partition coefficient (Wildman–Crippen LogP) is 3.12. The molecule has 94 valence electrons. The second-order valence-electron chi connectivity index (χ2n) is 3.33. The zero-order chi connectivity index (χ0) is 13.3. The molecule has 0 fully saturated rings. The van der Waals surface area contributed by atoms with E-state index in [1.165, 1.54) is 7.11 Å². The Morgan fingerprint density at radius 3 is 2.89 bits per heavy atom. The maximum Gasteiger partial charge on any atom is 0.350 e. The summed E-state index contributed by atoms with van der Waals surface area (Å²) < 4.78 is 5.37. The molecule has 1 N–H and O–H groups in total. The van der Waals surface area contributed by atoms with E-state index >= 15 is 0 Å². The molecular weight excluding hydrogens is 342 g/mol. The summed E-state index contributed by atoms with van der Waals surface area (Å²) in [6.07, 6.45) is 0. The van der Waals surface area contributed by atoms with Gasteiger partial charge in [0.2, 0.25) is 0 Å². The van der Waals surface area contributed by atoms with Crippen molar-refractivity contribution < 1.29 is 14.3 Å². The number of rotatable bonds is 1. The third kappa shape index (κ3) is 2.55. The maximum atomic E-state index is 11.8. The number of benzene rings is 1. The molecule has 0 spiro atoms. The summed E-state index contributed by atoms with van der Waals surface area (Å²) in [6, 6.07) is 5.42. The van der Waals surface area contributed by atoms with Crippen molar-refractivity contribution in [2.24, 2.45) is 0 Å². The van der Waals surface area contributed by atoms with Crippen molar-refractivity contribution in [2.45, 2.75) is 4.90 Å². The molecule has 1 aliphatic rings. The number of ether oxygens (including phenoxy) is 1. The van der Waals surface area contributed by atoms with Crippen LogP contribution in [0.4, 0.5) is 5.69 Å². The number of thioether (sulfide) groups is 1. The molecule has 1 heterocycles. The second kappa shape index (κ2) is 5.34. The molecule has 0 radical (unpaired) electrons. The van der Waals surface area contributed by atoms with Crippen LogP contribution in [-0.4, -0.2) is 19.0 Å². The molecule has 0 unspecified atom stereocenters. The lowest BCUT2D eigenvalue weighted by molar-refractivity contribution is -0.135. The first kappa shape index (κ1) is 13.5. The summed E-state index contributed by atoms with van der Waals surface area (Å²) in [5, 5.41) is 2.45. The number of carbonyl (C=O) groups is 2. The van der Waals surface area contributed by atoms with Crippen LogP contribution in [0.5, 0.6) is 0 Å². The molecule has 0 aliphatic carbocycles. The zero-order valence-electron chi connectivity index (χ0n) is 9.12. The van der Waals surface area contributed by atoms with Crippen LogP contribution in [0.15, 0.2) is 37.5 Å². The van der Waals surface area contributed by atoms with Crippen LogP contribution in [0.1, 0.15) is 0 Å². The Morgan fingerprint density at radius 1 is 1.50 bits per heavy atom. The first-order valence-corrected chi connectivity index (χ1v) is 6.78. The quantitative estimate of drug-likeness (QED) is 0.626. The topological polar surface area (TPSA) is 55.4 Å². The second-order valence-corrected chi connectivity index (χ2v) is 5.68. The van der Waals surface area contributed by atoms with Crippen LogP contribution in [0.25, 0.3) is 0 Å². The normalized spacial score (nSPS) is 16.7. The van der Waals surface area contributed by atoms with Gasteiger partial charge in [0.05, 0.1) is 12.8 Å². The fourth-order valence-corrected chi connectivity index (χ4v) is 3.09. The maximum absolute atomic E-state index is 11.8. The van der Waals surface area contributed by atoms with Crippen LogP contribution in [0.3, 0.4) is 0 Å². The Bertz CT molecular complexity index is 573. The molecule has 0 saturated heterocycles. The smallest absolute Gasteiger partial charge is 0.350 e. The molecular formula is C11H7BrClNO3S. The number of amides is 1. The summed E-state index contributed by atoms with van der Waals surface area (Å²) >= 11 is 10.3. The number of hydrogen-bond acceptors (Lipinski definition) is 4. The van der Waals surface area contributed by atoms with Crippen molar-refractivity contribution in [3.8, 4) is 0 Å². The number of methoxy groups -OCH3 is 1. The number of halogens is 2. The van der Waals surface area contributed by atoms with Crippen molar-refractivity contribution in [2.75, 3.05) is 12.4 Å². The Hall–Kier alpha value is -0.980. The van der Waals surface area contributed by atoms with E-state index in [1.807, 2.05) is 12.1 Å². The summed E-state index contributed by atoms with van der Waals surface area (Å²) in [5.74, 6) is -1.14. The van der Waals surface area contributed by atoms with Crippen molar-refractivity contribution >= 4 is 56.9 Å². The van der Waals surface area contributed by atoms with E-state index in [9.17, 15) is 9.59 Å². The van der Waals surface area contributed by atoms with Gasteiger partial charge in [0.15, 0.2) is 0 Å². The van der Waals surface area contributed by atoms with Crippen molar-refractivity contribution in [3.05, 3.63) is 32.6 Å². The Balaban J connectivity index is 2.44. The summed E-state index contributed by atoms with van der Waals surface area (Å²) in [4.78, 5) is 24.1. The molecule has 1 aromatic rings. The van der Waals surface area contributed by atoms with Gasteiger partial charge in [-0.05, 0) is 18.2 Å². The fourth-order valence-electron chi connectivity index (χ4n) is 1.35. The highest BCUT2D eigenvalue weighted by atomic mass is 79.9. The molecule has 4 nitrogen and oxygen atoms in total. The van der Waals surface area contributed by atoms with E-state index in [0.29, 0.717) is 5.69 Å². The van der Waals surface area contributed by atoms with Crippen LogP contribution in [0.2, 0.25) is 0 Å². The molecule has 0 saturated carbocycles. The number of carbonyl (C=O) groups excluding carboxylic acids is 2. The minimum atomic E-state index is -0.729. The molecule has 0 atom stereocenters. The van der Waals surface area contributed by atoms with Crippen LogP contribution < -0.4 is 5.32 Å². The van der Waals surface area contributed by atoms with Crippen LogP contribution in [0, 0.1) is 0 Å². The Kier molecular flexibility index (Phi) is 3.99. The molecule has 2 rings (SSSR count). The molecule has 1 aromatic carbocycles. The lowest BCUT2D eigenvalue weighted by atomic mass is 10.3. The Morgan fingerprint density at radius 2 is 2.22 bits per heavy atom. The minimum Gasteiger partial charge on any atom is -0.465 e. The predicted molar refractivity (Wildman–Crippen MR) is 73.5 cm³/mol. The highest BCUT2D eigenvalue weighted by Gasteiger charge is 2.27. The highest BCUT2D eigenvalue weighted by molar-refractivity contribution is 9.10. The molecule has 0 bridgehead atoms. The van der Waals surface area contributed by atoms with E-state index in [1.54, 1.807) is 6.07 Å². The average molecular weight is 349 g/mol. The number of hydrogen-bond donors (Lipinski definition) is 1. The van der Waals surface area contributed by atoms with Crippen molar-refractivity contribution in [1.29, 1.82) is 0 Å². The zero-order valence-corrected chi connectivity index (χ0v) is 12.3. The number of anilines is 1. The average Bonchev–Trinajstić information content (AvgIpc) is 2.36. The van der Waals surface area contributed by atoms with Gasteiger partial charge in [-0.3, -0.25) is 4.79 Å². The van der Waals surface area contributed by atoms with Crippen molar-refractivity contribution in [3.63, 3.8) is 0 Å². The van der Waals surface area contributed by atoms with Gasteiger partial charge in [-0.25, -0.2) is 4.79 Å². The molecule has 1 aliphatic heterocycles. The summed E-state index contributed by atoms with van der Waals surface area (Å²) in [6.45, 7) is 0. The van der Waals surface area contributed by atoms with Gasteiger partial charge in [0.25, 0.3) is 5.91 Å². The van der Waals surface area contributed by atoms with Crippen LogP contribution >= 0.6 is 39.3 Å². The lowest BCUT2D eigenvalue weighted by Gasteiger charge is -2.19. The van der Waals surface area contributed by atoms with Gasteiger partial charge in [-0.2, -0.15) is 0 Å². The highest BCUT2D eigenvalue weighted by Crippen LogP contribution is 2.41. The van der Waals surface area contributed by atoms with E-state index < -0.39 is 11.9 Å². The van der Waals surface area contributed by atoms with E-state index in [0.717, 1.165) is 21.1 Å². The lowest BCUT2D eigenvalue weighted by Crippen LogP contribution is -2.20. The minimum absolute atomic E-state index is 0.133. The van der Waals surface area contributed by atoms with Gasteiger partial charge in [-0.1, -0.05) is 39.3 Å². The van der Waals surface area contributed by atoms with Gasteiger partial charge >= 0.3 is 5.97 Å². The largest absolute Gasteiger partial charge is 0.465 e. The van der Waals surface area contributed by atoms with E-state index in [4.69, 9.17) is 11.6 Å². The first-order chi connectivity index (χ1) is 8.52. The fraction of sp³-hybridized carbons (Fsp3) is 0.0909. The molecule has 18 heavy (non-hydrogen) atoms. The molecule has 1 amide bonds. The standard InChI is InChI=1S/C11H7BrClNO3S/c1-17-11(16)8(13)9-10(15)14-6-3-2-5(12)4-7(6)18-9/h2-4H,1H3,(H,14,15)/b9-8-. The monoisotopic (exact) mass is 347 g/mol. The first-order valence-electron chi connectivity index (χ1n) is 4.79. The van der Waals surface area contributed by atoms with Crippen LogP contribution in [-0.2, 0) is 14.3 Å². The molecule has 0 aromatic heterocycles. The number of nitrogens with one attached hydrogen (secondary N) is 1. The van der Waals surface area contributed by atoms with Gasteiger partial charge in [0.1, 0.15) is 9.94 Å². The Labute approximate surface area is 121 Å². The molecule has 7 heteroatoms. The third-order valence-corrected chi connectivity index (χ3v) is 4.27. The van der Waals surface area contributed by atoms with E-state index in [2.05, 4.69) is 26.0 Å². The summed E-state index contributed by atoms with van der Waals surface area (Å²) in [7, 11) is 1.21. The number of fused-ring (bicyclic) bond motifs is 1. The van der Waals surface area contributed by atoms with Crippen molar-refractivity contribution in [1.82, 2.24) is 0 Å². The van der Waals surface area contributed by atoms with Gasteiger partial charge < -0.3 is 10.1 Å². The number of esters is 1.